The smallest absolute Gasteiger partial charge is 0.225 e. The maximum absolute atomic E-state index is 12.7. The molecule has 1 aliphatic heterocycles. The molecule has 1 heterocycles. The minimum absolute atomic E-state index is 0.103. The number of hydrogen-bond donors (Lipinski definition) is 0. The summed E-state index contributed by atoms with van der Waals surface area (Å²) in [7, 11) is 1.73. The maximum atomic E-state index is 12.7. The number of nitrogens with zero attached hydrogens (tertiary/aromatic N) is 1. The van der Waals surface area contributed by atoms with Crippen LogP contribution in [0.5, 0.6) is 0 Å². The van der Waals surface area contributed by atoms with Gasteiger partial charge in [0, 0.05) is 38.0 Å². The second-order valence-electron chi connectivity index (χ2n) is 6.79. The topological polar surface area (TPSA) is 46.6 Å². The van der Waals surface area contributed by atoms with E-state index in [9.17, 15) is 9.59 Å². The summed E-state index contributed by atoms with van der Waals surface area (Å²) >= 11 is 0. The van der Waals surface area contributed by atoms with Crippen LogP contribution in [0.3, 0.4) is 0 Å². The zero-order chi connectivity index (χ0) is 14.1. The molecule has 0 aromatic rings. The van der Waals surface area contributed by atoms with Gasteiger partial charge in [0.2, 0.25) is 5.91 Å². The molecule has 20 heavy (non-hydrogen) atoms. The highest BCUT2D eigenvalue weighted by atomic mass is 16.5. The summed E-state index contributed by atoms with van der Waals surface area (Å²) in [6, 6.07) is 0. The van der Waals surface area contributed by atoms with Crippen LogP contribution < -0.4 is 0 Å². The van der Waals surface area contributed by atoms with Crippen molar-refractivity contribution in [3.05, 3.63) is 0 Å². The van der Waals surface area contributed by atoms with Crippen LogP contribution in [-0.4, -0.2) is 43.4 Å². The first-order chi connectivity index (χ1) is 9.69. The van der Waals surface area contributed by atoms with Gasteiger partial charge in [0.15, 0.2) is 0 Å². The number of methoxy groups -OCH3 is 1. The molecule has 0 aromatic carbocycles. The molecule has 0 spiro atoms. The molecule has 112 valence electrons. The Morgan fingerprint density at radius 1 is 1.25 bits per heavy atom. The summed E-state index contributed by atoms with van der Waals surface area (Å²) < 4.78 is 5.23. The SMILES string of the molecule is COCC1CCCN(C(=O)C2CC3CCC(C2)C3=O)C1. The molecule has 2 bridgehead atoms. The van der Waals surface area contributed by atoms with Crippen LogP contribution in [0.1, 0.15) is 38.5 Å². The van der Waals surface area contributed by atoms with Gasteiger partial charge in [0.25, 0.3) is 0 Å². The van der Waals surface area contributed by atoms with Crippen LogP contribution in [0, 0.1) is 23.7 Å². The number of carbonyl (C=O) groups is 2. The van der Waals surface area contributed by atoms with E-state index in [1.807, 2.05) is 4.90 Å². The number of ether oxygens (including phenoxy) is 1. The lowest BCUT2D eigenvalue weighted by atomic mass is 9.79. The highest BCUT2D eigenvalue weighted by molar-refractivity contribution is 5.89. The van der Waals surface area contributed by atoms with Gasteiger partial charge in [-0.2, -0.15) is 0 Å². The summed E-state index contributed by atoms with van der Waals surface area (Å²) in [5, 5.41) is 0. The molecule has 3 unspecified atom stereocenters. The van der Waals surface area contributed by atoms with E-state index in [0.717, 1.165) is 58.2 Å². The van der Waals surface area contributed by atoms with Crippen molar-refractivity contribution in [3.8, 4) is 0 Å². The summed E-state index contributed by atoms with van der Waals surface area (Å²) in [6.45, 7) is 2.48. The second kappa shape index (κ2) is 5.84. The van der Waals surface area contributed by atoms with E-state index in [-0.39, 0.29) is 17.8 Å². The van der Waals surface area contributed by atoms with E-state index in [1.54, 1.807) is 7.11 Å². The molecule has 3 aliphatic rings. The molecule has 1 saturated heterocycles. The zero-order valence-electron chi connectivity index (χ0n) is 12.3. The van der Waals surface area contributed by atoms with Crippen LogP contribution in [0.25, 0.3) is 0 Å². The summed E-state index contributed by atoms with van der Waals surface area (Å²) in [4.78, 5) is 26.7. The average molecular weight is 279 g/mol. The van der Waals surface area contributed by atoms with Crippen LogP contribution in [0.4, 0.5) is 0 Å². The minimum atomic E-state index is 0.103. The number of carbonyl (C=O) groups excluding carboxylic acids is 2. The van der Waals surface area contributed by atoms with E-state index in [1.165, 1.54) is 0 Å². The van der Waals surface area contributed by atoms with E-state index in [4.69, 9.17) is 4.74 Å². The van der Waals surface area contributed by atoms with Crippen LogP contribution in [-0.2, 0) is 14.3 Å². The van der Waals surface area contributed by atoms with E-state index in [0.29, 0.717) is 17.6 Å². The third-order valence-corrected chi connectivity index (χ3v) is 5.39. The highest BCUT2D eigenvalue weighted by Gasteiger charge is 2.44. The molecule has 4 nitrogen and oxygen atoms in total. The van der Waals surface area contributed by atoms with Crippen molar-refractivity contribution in [2.24, 2.45) is 23.7 Å². The molecular formula is C16H25NO3. The first-order valence-electron chi connectivity index (χ1n) is 8.00. The Morgan fingerprint density at radius 2 is 1.95 bits per heavy atom. The average Bonchev–Trinajstić information content (AvgIpc) is 2.68. The third-order valence-electron chi connectivity index (χ3n) is 5.39. The van der Waals surface area contributed by atoms with Gasteiger partial charge in [-0.25, -0.2) is 0 Å². The molecule has 0 radical (unpaired) electrons. The molecule has 0 aromatic heterocycles. The van der Waals surface area contributed by atoms with E-state index in [2.05, 4.69) is 0 Å². The number of amides is 1. The Bertz CT molecular complexity index is 377. The summed E-state index contributed by atoms with van der Waals surface area (Å²) in [5.41, 5.74) is 0. The fourth-order valence-electron chi connectivity index (χ4n) is 4.37. The first kappa shape index (κ1) is 14.1. The van der Waals surface area contributed by atoms with Crippen LogP contribution in [0.15, 0.2) is 0 Å². The van der Waals surface area contributed by atoms with Crippen molar-refractivity contribution >= 4 is 11.7 Å². The molecule has 3 fully saturated rings. The van der Waals surface area contributed by atoms with Crippen molar-refractivity contribution in [3.63, 3.8) is 0 Å². The van der Waals surface area contributed by atoms with Crippen molar-refractivity contribution in [1.82, 2.24) is 4.90 Å². The quantitative estimate of drug-likeness (QED) is 0.792. The van der Waals surface area contributed by atoms with Gasteiger partial charge < -0.3 is 9.64 Å². The Balaban J connectivity index is 1.60. The van der Waals surface area contributed by atoms with Crippen molar-refractivity contribution in [1.29, 1.82) is 0 Å². The summed E-state index contributed by atoms with van der Waals surface area (Å²) in [5.74, 6) is 1.69. The van der Waals surface area contributed by atoms with Crippen LogP contribution in [0.2, 0.25) is 0 Å². The Labute approximate surface area is 120 Å². The Kier molecular flexibility index (Phi) is 4.11. The normalized spacial score (nSPS) is 37.2. The molecule has 0 N–H and O–H groups in total. The van der Waals surface area contributed by atoms with Gasteiger partial charge in [-0.3, -0.25) is 9.59 Å². The zero-order valence-corrected chi connectivity index (χ0v) is 12.3. The van der Waals surface area contributed by atoms with E-state index >= 15 is 0 Å². The van der Waals surface area contributed by atoms with Gasteiger partial charge in [0.1, 0.15) is 5.78 Å². The fraction of sp³-hybridized carbons (Fsp3) is 0.875. The number of rotatable bonds is 3. The molecule has 3 rings (SSSR count). The van der Waals surface area contributed by atoms with Crippen molar-refractivity contribution in [2.75, 3.05) is 26.8 Å². The fourth-order valence-corrected chi connectivity index (χ4v) is 4.37. The third kappa shape index (κ3) is 2.62. The molecule has 4 heteroatoms. The van der Waals surface area contributed by atoms with Gasteiger partial charge in [-0.15, -0.1) is 0 Å². The predicted octanol–water partition coefficient (Wildman–Crippen LogP) is 1.88. The Morgan fingerprint density at radius 3 is 2.60 bits per heavy atom. The lowest BCUT2D eigenvalue weighted by molar-refractivity contribution is -0.141. The number of ketones is 1. The molecule has 2 aliphatic carbocycles. The largest absolute Gasteiger partial charge is 0.384 e. The number of Topliss-reactive ketones (excluding diaryl/α,β-unsaturated/α-hetero) is 1. The minimum Gasteiger partial charge on any atom is -0.384 e. The highest BCUT2D eigenvalue weighted by Crippen LogP contribution is 2.42. The molecule has 3 atom stereocenters. The van der Waals surface area contributed by atoms with Crippen LogP contribution >= 0.6 is 0 Å². The molecular weight excluding hydrogens is 254 g/mol. The standard InChI is InChI=1S/C16H25NO3/c1-20-10-11-3-2-6-17(9-11)16(19)14-7-12-4-5-13(8-14)15(12)18/h11-14H,2-10H2,1H3. The lowest BCUT2D eigenvalue weighted by Crippen LogP contribution is -2.45. The monoisotopic (exact) mass is 279 g/mol. The van der Waals surface area contributed by atoms with Gasteiger partial charge >= 0.3 is 0 Å². The first-order valence-corrected chi connectivity index (χ1v) is 8.00. The second-order valence-corrected chi connectivity index (χ2v) is 6.79. The van der Waals surface area contributed by atoms with Crippen molar-refractivity contribution < 1.29 is 14.3 Å². The lowest BCUT2D eigenvalue weighted by Gasteiger charge is -2.36. The number of piperidine rings is 1. The van der Waals surface area contributed by atoms with Gasteiger partial charge in [-0.05, 0) is 44.4 Å². The van der Waals surface area contributed by atoms with Gasteiger partial charge in [0.05, 0.1) is 6.61 Å². The Hall–Kier alpha value is -0.900. The summed E-state index contributed by atoms with van der Waals surface area (Å²) in [6.07, 6.45) is 5.88. The molecule has 1 amide bonds. The van der Waals surface area contributed by atoms with Crippen molar-refractivity contribution in [2.45, 2.75) is 38.5 Å². The molecule has 2 saturated carbocycles. The number of likely N-dealkylation sites (tertiary alicyclic amines) is 1. The predicted molar refractivity (Wildman–Crippen MR) is 75.1 cm³/mol. The number of hydrogen-bond acceptors (Lipinski definition) is 3. The van der Waals surface area contributed by atoms with Gasteiger partial charge in [-0.1, -0.05) is 0 Å². The number of fused-ring (bicyclic) bond motifs is 2. The van der Waals surface area contributed by atoms with E-state index < -0.39 is 0 Å². The maximum Gasteiger partial charge on any atom is 0.225 e.